The molecule has 0 radical (unpaired) electrons. The second-order valence-electron chi connectivity index (χ2n) is 6.59. The maximum absolute atomic E-state index is 14.4. The number of hydrogen-bond donors (Lipinski definition) is 1. The van der Waals surface area contributed by atoms with E-state index in [1.54, 1.807) is 18.2 Å². The van der Waals surface area contributed by atoms with E-state index in [2.05, 4.69) is 26.5 Å². The highest BCUT2D eigenvalue weighted by Gasteiger charge is 2.29. The molecular formula is C22H19BrFN3O3S. The first-order chi connectivity index (χ1) is 14.8. The Morgan fingerprint density at radius 3 is 2.39 bits per heavy atom. The number of halogens is 2. The van der Waals surface area contributed by atoms with Gasteiger partial charge in [0.05, 0.1) is 16.8 Å². The molecule has 0 saturated carbocycles. The minimum atomic E-state index is -4.20. The highest BCUT2D eigenvalue weighted by atomic mass is 79.9. The summed E-state index contributed by atoms with van der Waals surface area (Å²) in [6, 6.07) is 18.7. The molecule has 31 heavy (non-hydrogen) atoms. The summed E-state index contributed by atoms with van der Waals surface area (Å²) in [6.45, 7) is 1.17. The summed E-state index contributed by atoms with van der Waals surface area (Å²) in [5.74, 6) is -1.48. The molecule has 0 saturated heterocycles. The van der Waals surface area contributed by atoms with Crippen molar-refractivity contribution in [2.45, 2.75) is 11.8 Å². The fourth-order valence-corrected chi connectivity index (χ4v) is 4.53. The number of nitrogens with zero attached hydrogens (tertiary/aromatic N) is 2. The first-order valence-corrected chi connectivity index (χ1v) is 11.4. The summed E-state index contributed by atoms with van der Waals surface area (Å²) in [5.41, 5.74) is 3.66. The molecule has 0 atom stereocenters. The third-order valence-electron chi connectivity index (χ3n) is 4.32. The number of nitrogens with one attached hydrogen (secondary N) is 1. The number of carbonyl (C=O) groups is 1. The molecule has 0 heterocycles. The quantitative estimate of drug-likeness (QED) is 0.386. The zero-order valence-corrected chi connectivity index (χ0v) is 18.9. The molecule has 0 aliphatic rings. The molecule has 0 unspecified atom stereocenters. The summed E-state index contributed by atoms with van der Waals surface area (Å²) in [6.07, 6.45) is 1.42. The van der Waals surface area contributed by atoms with Crippen LogP contribution < -0.4 is 9.73 Å². The van der Waals surface area contributed by atoms with Gasteiger partial charge in [-0.3, -0.25) is 9.10 Å². The standard InChI is InChI=1S/C22H19BrFN3O3S/c1-16-10-12-18(13-11-16)31(29,30)27(21-9-5-4-8-20(21)24)15-22(28)26-25-14-17-6-2-3-7-19(17)23/h2-14H,15H2,1H3,(H,26,28)/b25-14-. The molecule has 3 aromatic carbocycles. The van der Waals surface area contributed by atoms with E-state index < -0.39 is 28.3 Å². The molecule has 3 rings (SSSR count). The lowest BCUT2D eigenvalue weighted by Gasteiger charge is -2.24. The number of para-hydroxylation sites is 1. The SMILES string of the molecule is Cc1ccc(S(=O)(=O)N(CC(=O)N/N=C\c2ccccc2Br)c2ccccc2F)cc1. The molecule has 3 aromatic rings. The van der Waals surface area contributed by atoms with Crippen molar-refractivity contribution in [3.05, 3.63) is 94.2 Å². The maximum Gasteiger partial charge on any atom is 0.264 e. The molecule has 1 N–H and O–H groups in total. The molecule has 0 aliphatic carbocycles. The van der Waals surface area contributed by atoms with E-state index in [4.69, 9.17) is 0 Å². The van der Waals surface area contributed by atoms with Crippen LogP contribution >= 0.6 is 15.9 Å². The Labute approximate surface area is 188 Å². The third kappa shape index (κ3) is 5.56. The normalized spacial score (nSPS) is 11.5. The van der Waals surface area contributed by atoms with Crippen LogP contribution in [0.15, 0.2) is 87.3 Å². The van der Waals surface area contributed by atoms with Gasteiger partial charge >= 0.3 is 0 Å². The fraction of sp³-hybridized carbons (Fsp3) is 0.0909. The van der Waals surface area contributed by atoms with Crippen LogP contribution in [0, 0.1) is 12.7 Å². The van der Waals surface area contributed by atoms with Gasteiger partial charge in [-0.1, -0.05) is 64.0 Å². The van der Waals surface area contributed by atoms with E-state index in [9.17, 15) is 17.6 Å². The van der Waals surface area contributed by atoms with Crippen molar-refractivity contribution in [2.75, 3.05) is 10.8 Å². The second-order valence-corrected chi connectivity index (χ2v) is 9.31. The van der Waals surface area contributed by atoms with Crippen molar-refractivity contribution in [2.24, 2.45) is 5.10 Å². The molecule has 6 nitrogen and oxygen atoms in total. The number of hydrogen-bond acceptors (Lipinski definition) is 4. The van der Waals surface area contributed by atoms with Crippen molar-refractivity contribution in [3.63, 3.8) is 0 Å². The number of aryl methyl sites for hydroxylation is 1. The average Bonchev–Trinajstić information content (AvgIpc) is 2.74. The lowest BCUT2D eigenvalue weighted by molar-refractivity contribution is -0.119. The van der Waals surface area contributed by atoms with E-state index in [-0.39, 0.29) is 10.6 Å². The van der Waals surface area contributed by atoms with Crippen molar-refractivity contribution < 1.29 is 17.6 Å². The van der Waals surface area contributed by atoms with Gasteiger partial charge in [0.2, 0.25) is 0 Å². The highest BCUT2D eigenvalue weighted by Crippen LogP contribution is 2.26. The topological polar surface area (TPSA) is 78.8 Å². The van der Waals surface area contributed by atoms with E-state index in [0.29, 0.717) is 0 Å². The van der Waals surface area contributed by atoms with Gasteiger partial charge < -0.3 is 0 Å². The van der Waals surface area contributed by atoms with Crippen molar-refractivity contribution in [1.29, 1.82) is 0 Å². The zero-order valence-electron chi connectivity index (χ0n) is 16.5. The lowest BCUT2D eigenvalue weighted by Crippen LogP contribution is -2.40. The Balaban J connectivity index is 1.87. The number of hydrazone groups is 1. The van der Waals surface area contributed by atoms with E-state index in [1.165, 1.54) is 36.5 Å². The third-order valence-corrected chi connectivity index (χ3v) is 6.81. The van der Waals surface area contributed by atoms with E-state index in [0.717, 1.165) is 26.0 Å². The molecule has 0 spiro atoms. The highest BCUT2D eigenvalue weighted by molar-refractivity contribution is 9.10. The van der Waals surface area contributed by atoms with Crippen molar-refractivity contribution in [3.8, 4) is 0 Å². The molecule has 0 fully saturated rings. The molecule has 1 amide bonds. The van der Waals surface area contributed by atoms with Crippen LogP contribution in [-0.4, -0.2) is 27.1 Å². The number of sulfonamides is 1. The number of benzene rings is 3. The minimum absolute atomic E-state index is 0.0501. The average molecular weight is 504 g/mol. The van der Waals surface area contributed by atoms with E-state index >= 15 is 0 Å². The largest absolute Gasteiger partial charge is 0.271 e. The van der Waals surface area contributed by atoms with E-state index in [1.807, 2.05) is 25.1 Å². The zero-order chi connectivity index (χ0) is 22.4. The molecule has 160 valence electrons. The van der Waals surface area contributed by atoms with Crippen LogP contribution in [0.5, 0.6) is 0 Å². The van der Waals surface area contributed by atoms with Crippen LogP contribution in [-0.2, 0) is 14.8 Å². The van der Waals surface area contributed by atoms with Crippen molar-refractivity contribution >= 4 is 43.8 Å². The van der Waals surface area contributed by atoms with Crippen LogP contribution in [0.1, 0.15) is 11.1 Å². The second kappa shape index (κ2) is 9.84. The maximum atomic E-state index is 14.4. The van der Waals surface area contributed by atoms with Gasteiger partial charge in [0.15, 0.2) is 0 Å². The van der Waals surface area contributed by atoms with Crippen LogP contribution in [0.4, 0.5) is 10.1 Å². The summed E-state index contributed by atoms with van der Waals surface area (Å²) >= 11 is 3.37. The Hall–Kier alpha value is -3.04. The number of rotatable bonds is 7. The molecule has 0 aliphatic heterocycles. The molecule has 0 bridgehead atoms. The van der Waals surface area contributed by atoms with Gasteiger partial charge in [-0.25, -0.2) is 18.2 Å². The van der Waals surface area contributed by atoms with Gasteiger partial charge in [0, 0.05) is 10.0 Å². The molecule has 9 heteroatoms. The van der Waals surface area contributed by atoms with Crippen LogP contribution in [0.25, 0.3) is 0 Å². The summed E-state index contributed by atoms with van der Waals surface area (Å²) in [4.78, 5) is 12.4. The molecular weight excluding hydrogens is 485 g/mol. The Morgan fingerprint density at radius 1 is 1.06 bits per heavy atom. The Kier molecular flexibility index (Phi) is 7.19. The number of amides is 1. The van der Waals surface area contributed by atoms with Gasteiger partial charge in [-0.15, -0.1) is 0 Å². The molecule has 0 aromatic heterocycles. The van der Waals surface area contributed by atoms with Crippen LogP contribution in [0.3, 0.4) is 0 Å². The Bertz CT molecular complexity index is 1210. The summed E-state index contributed by atoms with van der Waals surface area (Å²) in [7, 11) is -4.20. The van der Waals surface area contributed by atoms with Gasteiger partial charge in [-0.05, 0) is 37.3 Å². The van der Waals surface area contributed by atoms with Gasteiger partial charge in [0.1, 0.15) is 12.4 Å². The fourth-order valence-electron chi connectivity index (χ4n) is 2.71. The minimum Gasteiger partial charge on any atom is -0.271 e. The van der Waals surface area contributed by atoms with Gasteiger partial charge in [-0.2, -0.15) is 5.10 Å². The first kappa shape index (κ1) is 22.6. The predicted molar refractivity (Wildman–Crippen MR) is 122 cm³/mol. The van der Waals surface area contributed by atoms with Gasteiger partial charge in [0.25, 0.3) is 15.9 Å². The number of anilines is 1. The lowest BCUT2D eigenvalue weighted by atomic mass is 10.2. The summed E-state index contributed by atoms with van der Waals surface area (Å²) < 4.78 is 42.4. The number of carbonyl (C=O) groups excluding carboxylic acids is 1. The predicted octanol–water partition coefficient (Wildman–Crippen LogP) is 4.24. The van der Waals surface area contributed by atoms with Crippen LogP contribution in [0.2, 0.25) is 0 Å². The summed E-state index contributed by atoms with van der Waals surface area (Å²) in [5, 5.41) is 3.87. The first-order valence-electron chi connectivity index (χ1n) is 9.19. The monoisotopic (exact) mass is 503 g/mol. The van der Waals surface area contributed by atoms with Crippen molar-refractivity contribution in [1.82, 2.24) is 5.43 Å². The Morgan fingerprint density at radius 2 is 1.71 bits per heavy atom. The smallest absolute Gasteiger partial charge is 0.264 e.